The summed E-state index contributed by atoms with van der Waals surface area (Å²) in [5.41, 5.74) is 0.696. The Kier molecular flexibility index (Phi) is 4.70. The van der Waals surface area contributed by atoms with Crippen LogP contribution in [0.1, 0.15) is 51.0 Å². The Hall–Kier alpha value is -0.730. The maximum absolute atomic E-state index is 13.0. The Balaban J connectivity index is 1.74. The quantitative estimate of drug-likeness (QED) is 0.749. The van der Waals surface area contributed by atoms with Crippen molar-refractivity contribution in [3.05, 3.63) is 33.8 Å². The number of benzene rings is 1. The highest BCUT2D eigenvalue weighted by Crippen LogP contribution is 2.39. The van der Waals surface area contributed by atoms with E-state index in [-0.39, 0.29) is 5.41 Å². The highest BCUT2D eigenvalue weighted by Gasteiger charge is 2.45. The van der Waals surface area contributed by atoms with Crippen LogP contribution in [0, 0.1) is 5.41 Å². The Morgan fingerprint density at radius 1 is 1.23 bits per heavy atom. The summed E-state index contributed by atoms with van der Waals surface area (Å²) in [6, 6.07) is 6.03. The average molecular weight is 340 g/mol. The first kappa shape index (κ1) is 16.1. The number of rotatable bonds is 3. The molecule has 1 aliphatic heterocycles. The van der Waals surface area contributed by atoms with E-state index in [1.807, 2.05) is 12.1 Å². The van der Waals surface area contributed by atoms with Crippen LogP contribution in [-0.2, 0) is 11.2 Å². The predicted octanol–water partition coefficient (Wildman–Crippen LogP) is 5.11. The van der Waals surface area contributed by atoms with E-state index in [9.17, 15) is 4.79 Å². The van der Waals surface area contributed by atoms with Crippen LogP contribution in [0.15, 0.2) is 18.2 Å². The summed E-state index contributed by atoms with van der Waals surface area (Å²) in [4.78, 5) is 15.1. The van der Waals surface area contributed by atoms with Crippen molar-refractivity contribution in [3.63, 3.8) is 0 Å². The second-order valence-corrected chi connectivity index (χ2v) is 7.86. The van der Waals surface area contributed by atoms with Gasteiger partial charge >= 0.3 is 0 Å². The summed E-state index contributed by atoms with van der Waals surface area (Å²) in [7, 11) is 0. The molecular weight excluding hydrogens is 317 g/mol. The molecule has 1 aliphatic carbocycles. The molecule has 3 rings (SSSR count). The van der Waals surface area contributed by atoms with Gasteiger partial charge in [-0.2, -0.15) is 0 Å². The molecule has 1 saturated heterocycles. The van der Waals surface area contributed by atoms with Crippen LogP contribution in [0.5, 0.6) is 0 Å². The molecule has 1 amide bonds. The molecule has 1 heterocycles. The number of hydrogen-bond acceptors (Lipinski definition) is 1. The van der Waals surface area contributed by atoms with Gasteiger partial charge in [0.25, 0.3) is 0 Å². The largest absolute Gasteiger partial charge is 0.339 e. The molecule has 1 atom stereocenters. The molecule has 0 N–H and O–H groups in total. The number of likely N-dealkylation sites (tertiary alicyclic amines) is 1. The van der Waals surface area contributed by atoms with Crippen LogP contribution in [0.25, 0.3) is 0 Å². The molecule has 0 bridgehead atoms. The predicted molar refractivity (Wildman–Crippen MR) is 91.5 cm³/mol. The number of hydrogen-bond donors (Lipinski definition) is 0. The molecule has 4 heteroatoms. The zero-order valence-electron chi connectivity index (χ0n) is 13.1. The minimum absolute atomic E-state index is 0.311. The highest BCUT2D eigenvalue weighted by atomic mass is 35.5. The van der Waals surface area contributed by atoms with Gasteiger partial charge in [-0.1, -0.05) is 55.5 Å². The fourth-order valence-corrected chi connectivity index (χ4v) is 4.39. The molecule has 1 aromatic carbocycles. The van der Waals surface area contributed by atoms with E-state index in [0.29, 0.717) is 28.4 Å². The van der Waals surface area contributed by atoms with Crippen LogP contribution in [0.4, 0.5) is 0 Å². The summed E-state index contributed by atoms with van der Waals surface area (Å²) in [5, 5.41) is 1.30. The standard InChI is InChI=1S/C18H23Cl2NO/c1-18(12-13-7-8-14(19)11-16(13)20)9-10-21(17(18)22)15-5-3-2-4-6-15/h7-8,11,15H,2-6,9-10,12H2,1H3. The van der Waals surface area contributed by atoms with Gasteiger partial charge in [0.1, 0.15) is 0 Å². The lowest BCUT2D eigenvalue weighted by Gasteiger charge is -2.33. The van der Waals surface area contributed by atoms with Crippen molar-refractivity contribution in [3.8, 4) is 0 Å². The van der Waals surface area contributed by atoms with Crippen molar-refractivity contribution in [2.75, 3.05) is 6.54 Å². The minimum atomic E-state index is -0.324. The maximum atomic E-state index is 13.0. The number of nitrogens with zero attached hydrogens (tertiary/aromatic N) is 1. The molecule has 0 radical (unpaired) electrons. The lowest BCUT2D eigenvalue weighted by molar-refractivity contribution is -0.137. The van der Waals surface area contributed by atoms with E-state index in [2.05, 4.69) is 11.8 Å². The van der Waals surface area contributed by atoms with E-state index in [1.165, 1.54) is 32.1 Å². The Morgan fingerprint density at radius 3 is 2.64 bits per heavy atom. The minimum Gasteiger partial charge on any atom is -0.339 e. The third-order valence-electron chi connectivity index (χ3n) is 5.29. The van der Waals surface area contributed by atoms with Crippen LogP contribution >= 0.6 is 23.2 Å². The topological polar surface area (TPSA) is 20.3 Å². The van der Waals surface area contributed by atoms with E-state index < -0.39 is 0 Å². The van der Waals surface area contributed by atoms with Gasteiger partial charge in [-0.15, -0.1) is 0 Å². The molecule has 22 heavy (non-hydrogen) atoms. The van der Waals surface area contributed by atoms with E-state index in [1.54, 1.807) is 6.07 Å². The molecule has 0 aromatic heterocycles. The summed E-state index contributed by atoms with van der Waals surface area (Å²) in [5.74, 6) is 0.311. The Labute approximate surface area is 142 Å². The molecule has 2 aliphatic rings. The Morgan fingerprint density at radius 2 is 1.95 bits per heavy atom. The van der Waals surface area contributed by atoms with Crippen molar-refractivity contribution >= 4 is 29.1 Å². The molecular formula is C18H23Cl2NO. The van der Waals surface area contributed by atoms with Gasteiger partial charge in [0.05, 0.1) is 5.41 Å². The van der Waals surface area contributed by atoms with Gasteiger partial charge < -0.3 is 4.90 Å². The van der Waals surface area contributed by atoms with Crippen LogP contribution in [0.3, 0.4) is 0 Å². The molecule has 0 spiro atoms. The smallest absolute Gasteiger partial charge is 0.229 e. The fourth-order valence-electron chi connectivity index (χ4n) is 3.91. The third-order valence-corrected chi connectivity index (χ3v) is 5.88. The third kappa shape index (κ3) is 3.14. The number of carbonyl (C=O) groups is 1. The van der Waals surface area contributed by atoms with Gasteiger partial charge in [0.2, 0.25) is 5.91 Å². The van der Waals surface area contributed by atoms with Gasteiger partial charge in [-0.3, -0.25) is 4.79 Å². The van der Waals surface area contributed by atoms with Crippen molar-refractivity contribution in [1.29, 1.82) is 0 Å². The summed E-state index contributed by atoms with van der Waals surface area (Å²) in [6.07, 6.45) is 7.79. The van der Waals surface area contributed by atoms with Gasteiger partial charge in [0, 0.05) is 22.6 Å². The van der Waals surface area contributed by atoms with Crippen LogP contribution in [0.2, 0.25) is 10.0 Å². The van der Waals surface area contributed by atoms with E-state index in [0.717, 1.165) is 18.5 Å². The first-order chi connectivity index (χ1) is 10.5. The molecule has 1 aromatic rings. The zero-order chi connectivity index (χ0) is 15.7. The van der Waals surface area contributed by atoms with Gasteiger partial charge in [-0.05, 0) is 43.4 Å². The Bertz CT molecular complexity index is 568. The van der Waals surface area contributed by atoms with Crippen molar-refractivity contribution in [2.45, 2.75) is 57.9 Å². The molecule has 120 valence electrons. The van der Waals surface area contributed by atoms with Crippen molar-refractivity contribution in [1.82, 2.24) is 4.90 Å². The zero-order valence-corrected chi connectivity index (χ0v) is 14.6. The van der Waals surface area contributed by atoms with Crippen molar-refractivity contribution in [2.24, 2.45) is 5.41 Å². The number of carbonyl (C=O) groups excluding carboxylic acids is 1. The molecule has 2 fully saturated rings. The van der Waals surface area contributed by atoms with E-state index >= 15 is 0 Å². The van der Waals surface area contributed by atoms with Crippen LogP contribution < -0.4 is 0 Å². The lowest BCUT2D eigenvalue weighted by Crippen LogP contribution is -2.41. The highest BCUT2D eigenvalue weighted by molar-refractivity contribution is 6.35. The van der Waals surface area contributed by atoms with Gasteiger partial charge in [-0.25, -0.2) is 0 Å². The monoisotopic (exact) mass is 339 g/mol. The molecule has 1 saturated carbocycles. The summed E-state index contributed by atoms with van der Waals surface area (Å²) in [6.45, 7) is 2.98. The number of amides is 1. The first-order valence-corrected chi connectivity index (χ1v) is 9.00. The summed E-state index contributed by atoms with van der Waals surface area (Å²) >= 11 is 12.3. The number of halogens is 2. The fraction of sp³-hybridized carbons (Fsp3) is 0.611. The second kappa shape index (κ2) is 6.41. The normalized spacial score (nSPS) is 26.7. The first-order valence-electron chi connectivity index (χ1n) is 8.25. The summed E-state index contributed by atoms with van der Waals surface area (Å²) < 4.78 is 0. The maximum Gasteiger partial charge on any atom is 0.229 e. The van der Waals surface area contributed by atoms with Crippen LogP contribution in [-0.4, -0.2) is 23.4 Å². The van der Waals surface area contributed by atoms with E-state index in [4.69, 9.17) is 23.2 Å². The molecule has 2 nitrogen and oxygen atoms in total. The van der Waals surface area contributed by atoms with Gasteiger partial charge in [0.15, 0.2) is 0 Å². The SMILES string of the molecule is CC1(Cc2ccc(Cl)cc2Cl)CCN(C2CCCCC2)C1=O. The second-order valence-electron chi connectivity index (χ2n) is 7.01. The average Bonchev–Trinajstić information content (AvgIpc) is 2.79. The van der Waals surface area contributed by atoms with Crippen molar-refractivity contribution < 1.29 is 4.79 Å². The lowest BCUT2D eigenvalue weighted by atomic mass is 9.82. The molecule has 1 unspecified atom stereocenters.